The van der Waals surface area contributed by atoms with Gasteiger partial charge in [0.1, 0.15) is 11.3 Å². The zero-order valence-electron chi connectivity index (χ0n) is 21.6. The highest BCUT2D eigenvalue weighted by atomic mass is 32.1. The fraction of sp³-hybridized carbons (Fsp3) is 0.444. The van der Waals surface area contributed by atoms with Crippen LogP contribution in [0.5, 0.6) is 5.75 Å². The Kier molecular flexibility index (Phi) is 8.50. The molecule has 0 aliphatic carbocycles. The van der Waals surface area contributed by atoms with Crippen molar-refractivity contribution in [3.05, 3.63) is 58.7 Å². The number of thiocarbonyl (C=S) groups is 1. The molecule has 1 heterocycles. The molecule has 0 atom stereocenters. The van der Waals surface area contributed by atoms with E-state index in [1.807, 2.05) is 19.1 Å². The molecule has 1 N–H and O–H groups in total. The van der Waals surface area contributed by atoms with E-state index in [0.717, 1.165) is 40.5 Å². The van der Waals surface area contributed by atoms with Crippen molar-refractivity contribution in [2.24, 2.45) is 0 Å². The van der Waals surface area contributed by atoms with E-state index >= 15 is 0 Å². The monoisotopic (exact) mass is 532 g/mol. The van der Waals surface area contributed by atoms with Gasteiger partial charge in [0, 0.05) is 19.1 Å². The lowest BCUT2D eigenvalue weighted by molar-refractivity contribution is -0.137. The molecule has 198 valence electrons. The highest BCUT2D eigenvalue weighted by Crippen LogP contribution is 2.38. The number of benzene rings is 2. The summed E-state index contributed by atoms with van der Waals surface area (Å²) in [5, 5.41) is 12.6. The lowest BCUT2D eigenvalue weighted by Crippen LogP contribution is -2.44. The van der Waals surface area contributed by atoms with Crippen molar-refractivity contribution in [3.63, 3.8) is 0 Å². The number of halogens is 3. The molecule has 6 nitrogen and oxygen atoms in total. The second kappa shape index (κ2) is 11.1. The highest BCUT2D eigenvalue weighted by molar-refractivity contribution is 7.80. The summed E-state index contributed by atoms with van der Waals surface area (Å²) in [5.41, 5.74) is -0.503. The van der Waals surface area contributed by atoms with Crippen LogP contribution in [-0.4, -0.2) is 40.7 Å². The zero-order chi connectivity index (χ0) is 27.5. The van der Waals surface area contributed by atoms with E-state index in [9.17, 15) is 18.0 Å². The Morgan fingerprint density at radius 1 is 1.19 bits per heavy atom. The number of carbonyl (C=O) groups excluding carboxylic acids is 1. The average Bonchev–Trinajstić information content (AvgIpc) is 2.99. The molecule has 0 radical (unpaired) electrons. The normalized spacial score (nSPS) is 15.5. The number of ether oxygens (including phenoxy) is 1. The molecule has 0 unspecified atom stereocenters. The van der Waals surface area contributed by atoms with Crippen LogP contribution in [0.1, 0.15) is 56.4 Å². The van der Waals surface area contributed by atoms with Crippen LogP contribution in [0.3, 0.4) is 0 Å². The van der Waals surface area contributed by atoms with Gasteiger partial charge in [-0.2, -0.15) is 18.4 Å². The summed E-state index contributed by atoms with van der Waals surface area (Å²) >= 11 is 5.53. The number of alkyl halides is 3. The number of carbonyl (C=O) groups is 1. The average molecular weight is 533 g/mol. The fourth-order valence-electron chi connectivity index (χ4n) is 4.15. The molecular formula is C27H31F3N4O2S. The predicted molar refractivity (Wildman–Crippen MR) is 140 cm³/mol. The molecular weight excluding hydrogens is 501 g/mol. The Labute approximate surface area is 221 Å². The number of amides is 1. The van der Waals surface area contributed by atoms with E-state index in [-0.39, 0.29) is 10.8 Å². The van der Waals surface area contributed by atoms with Crippen molar-refractivity contribution in [2.45, 2.75) is 65.3 Å². The van der Waals surface area contributed by atoms with Crippen molar-refractivity contribution in [3.8, 4) is 11.8 Å². The maximum Gasteiger partial charge on any atom is 0.417 e. The molecule has 0 saturated carbocycles. The van der Waals surface area contributed by atoms with Crippen molar-refractivity contribution in [1.82, 2.24) is 10.2 Å². The number of aryl methyl sites for hydroxylation is 1. The van der Waals surface area contributed by atoms with Crippen LogP contribution >= 0.6 is 12.2 Å². The number of anilines is 1. The smallest absolute Gasteiger partial charge is 0.417 e. The maximum atomic E-state index is 13.5. The van der Waals surface area contributed by atoms with Crippen molar-refractivity contribution >= 4 is 28.9 Å². The molecule has 2 aromatic carbocycles. The largest absolute Gasteiger partial charge is 0.493 e. The number of nitriles is 1. The van der Waals surface area contributed by atoms with Gasteiger partial charge in [0.25, 0.3) is 5.91 Å². The lowest BCUT2D eigenvalue weighted by atomic mass is 10.0. The first-order chi connectivity index (χ1) is 17.3. The van der Waals surface area contributed by atoms with Crippen LogP contribution in [-0.2, 0) is 17.5 Å². The minimum atomic E-state index is -4.74. The van der Waals surface area contributed by atoms with Crippen molar-refractivity contribution < 1.29 is 22.7 Å². The molecule has 0 bridgehead atoms. The molecule has 2 aromatic rings. The summed E-state index contributed by atoms with van der Waals surface area (Å²) in [5.74, 6) is 0.337. The quantitative estimate of drug-likeness (QED) is 0.337. The topological polar surface area (TPSA) is 68.6 Å². The van der Waals surface area contributed by atoms with Crippen LogP contribution in [0.4, 0.5) is 18.9 Å². The predicted octanol–water partition coefficient (Wildman–Crippen LogP) is 5.56. The van der Waals surface area contributed by atoms with Crippen LogP contribution in [0.25, 0.3) is 0 Å². The standard InChI is InChI=1S/C27H31F3N4O2S/c1-17(2)32-16-19-7-10-23(18(3)13-19)36-12-6-11-33-25(37)34(24(35)26(33,4)5)21-9-8-20(15-31)22(14-21)27(28,29)30/h7-10,13-14,17,32H,6,11-12,16H2,1-5H3. The third-order valence-corrected chi connectivity index (χ3v) is 6.65. The number of nitrogens with zero attached hydrogens (tertiary/aromatic N) is 3. The molecule has 3 rings (SSSR count). The van der Waals surface area contributed by atoms with Gasteiger partial charge in [-0.1, -0.05) is 26.0 Å². The number of hydrogen-bond acceptors (Lipinski definition) is 5. The van der Waals surface area contributed by atoms with Gasteiger partial charge in [-0.3, -0.25) is 9.69 Å². The minimum Gasteiger partial charge on any atom is -0.493 e. The third-order valence-electron chi connectivity index (χ3n) is 6.25. The molecule has 10 heteroatoms. The minimum absolute atomic E-state index is 0.0178. The van der Waals surface area contributed by atoms with Gasteiger partial charge in [-0.25, -0.2) is 0 Å². The van der Waals surface area contributed by atoms with Gasteiger partial charge in [0.15, 0.2) is 5.11 Å². The van der Waals surface area contributed by atoms with E-state index in [1.165, 1.54) is 6.07 Å². The molecule has 1 aliphatic heterocycles. The van der Waals surface area contributed by atoms with Crippen LogP contribution in [0.2, 0.25) is 0 Å². The van der Waals surface area contributed by atoms with Gasteiger partial charge < -0.3 is 15.0 Å². The maximum absolute atomic E-state index is 13.5. The van der Waals surface area contributed by atoms with E-state index in [2.05, 4.69) is 25.2 Å². The Hall–Kier alpha value is -3.16. The summed E-state index contributed by atoms with van der Waals surface area (Å²) < 4.78 is 46.4. The zero-order valence-corrected chi connectivity index (χ0v) is 22.4. The third kappa shape index (κ3) is 6.22. The van der Waals surface area contributed by atoms with Crippen molar-refractivity contribution in [2.75, 3.05) is 18.1 Å². The first kappa shape index (κ1) is 28.4. The van der Waals surface area contributed by atoms with E-state index in [1.54, 1.807) is 24.8 Å². The van der Waals surface area contributed by atoms with Gasteiger partial charge in [0.05, 0.1) is 29.5 Å². The lowest BCUT2D eigenvalue weighted by Gasteiger charge is -2.29. The highest BCUT2D eigenvalue weighted by Gasteiger charge is 2.49. The van der Waals surface area contributed by atoms with Gasteiger partial charge in [-0.15, -0.1) is 0 Å². The summed E-state index contributed by atoms with van der Waals surface area (Å²) in [6.07, 6.45) is -4.19. The molecule has 1 amide bonds. The summed E-state index contributed by atoms with van der Waals surface area (Å²) in [7, 11) is 0. The van der Waals surface area contributed by atoms with E-state index < -0.39 is 28.7 Å². The van der Waals surface area contributed by atoms with Gasteiger partial charge in [-0.05, 0) is 74.8 Å². The fourth-order valence-corrected chi connectivity index (χ4v) is 4.66. The molecule has 37 heavy (non-hydrogen) atoms. The molecule has 1 fully saturated rings. The van der Waals surface area contributed by atoms with E-state index in [4.69, 9.17) is 22.2 Å². The van der Waals surface area contributed by atoms with Crippen LogP contribution in [0.15, 0.2) is 36.4 Å². The second-order valence-electron chi connectivity index (χ2n) is 9.81. The summed E-state index contributed by atoms with van der Waals surface area (Å²) in [4.78, 5) is 16.0. The number of rotatable bonds is 9. The summed E-state index contributed by atoms with van der Waals surface area (Å²) in [6, 6.07) is 11.1. The molecule has 1 saturated heterocycles. The molecule has 0 spiro atoms. The first-order valence-electron chi connectivity index (χ1n) is 12.0. The Balaban J connectivity index is 1.68. The number of hydrogen-bond donors (Lipinski definition) is 1. The first-order valence-corrected chi connectivity index (χ1v) is 12.4. The van der Waals surface area contributed by atoms with Gasteiger partial charge >= 0.3 is 6.18 Å². The van der Waals surface area contributed by atoms with E-state index in [0.29, 0.717) is 25.6 Å². The van der Waals surface area contributed by atoms with Gasteiger partial charge in [0.2, 0.25) is 0 Å². The number of nitrogens with one attached hydrogen (secondary N) is 1. The molecule has 0 aromatic heterocycles. The Morgan fingerprint density at radius 3 is 2.49 bits per heavy atom. The van der Waals surface area contributed by atoms with Crippen molar-refractivity contribution in [1.29, 1.82) is 5.26 Å². The Morgan fingerprint density at radius 2 is 1.89 bits per heavy atom. The summed E-state index contributed by atoms with van der Waals surface area (Å²) in [6.45, 7) is 11.1. The van der Waals surface area contributed by atoms with Crippen LogP contribution < -0.4 is 15.0 Å². The SMILES string of the molecule is Cc1cc(CNC(C)C)ccc1OCCCN1C(=S)N(c2ccc(C#N)c(C(F)(F)F)c2)C(=O)C1(C)C. The molecule has 1 aliphatic rings. The Bertz CT molecular complexity index is 1220. The second-order valence-corrected chi connectivity index (χ2v) is 10.2. The van der Waals surface area contributed by atoms with Crippen LogP contribution in [0, 0.1) is 18.3 Å².